The van der Waals surface area contributed by atoms with Crippen molar-refractivity contribution in [2.24, 2.45) is 5.10 Å². The van der Waals surface area contributed by atoms with Gasteiger partial charge in [-0.05, 0) is 36.5 Å². The summed E-state index contributed by atoms with van der Waals surface area (Å²) in [5.41, 5.74) is 1.67. The van der Waals surface area contributed by atoms with E-state index >= 15 is 0 Å². The van der Waals surface area contributed by atoms with Gasteiger partial charge in [-0.2, -0.15) is 5.10 Å². The second-order valence-electron chi connectivity index (χ2n) is 6.44. The van der Waals surface area contributed by atoms with Gasteiger partial charge in [-0.15, -0.1) is 6.58 Å². The van der Waals surface area contributed by atoms with E-state index < -0.39 is 12.1 Å². The molecule has 0 saturated heterocycles. The normalized spacial score (nSPS) is 15.3. The van der Waals surface area contributed by atoms with E-state index in [-0.39, 0.29) is 24.1 Å². The van der Waals surface area contributed by atoms with Gasteiger partial charge < -0.3 is 5.11 Å². The van der Waals surface area contributed by atoms with Gasteiger partial charge >= 0.3 is 6.09 Å². The highest BCUT2D eigenvalue weighted by molar-refractivity contribution is 7.80. The summed E-state index contributed by atoms with van der Waals surface area (Å²) >= 11 is 11.3. The van der Waals surface area contributed by atoms with E-state index in [0.717, 1.165) is 0 Å². The first-order valence-corrected chi connectivity index (χ1v) is 9.82. The average molecular weight is 443 g/mol. The molecule has 1 aliphatic rings. The predicted molar refractivity (Wildman–Crippen MR) is 120 cm³/mol. The largest absolute Gasteiger partial charge is 0.465 e. The first-order chi connectivity index (χ1) is 14.4. The summed E-state index contributed by atoms with van der Waals surface area (Å²) in [6.45, 7) is 3.91. The van der Waals surface area contributed by atoms with Crippen molar-refractivity contribution in [2.75, 3.05) is 13.1 Å². The van der Waals surface area contributed by atoms with Crippen molar-refractivity contribution in [2.45, 2.75) is 6.04 Å². The lowest BCUT2D eigenvalue weighted by molar-refractivity contribution is 0.0972. The Bertz CT molecular complexity index is 995. The summed E-state index contributed by atoms with van der Waals surface area (Å²) in [4.78, 5) is 25.5. The van der Waals surface area contributed by atoms with Crippen LogP contribution in [0.25, 0.3) is 0 Å². The maximum absolute atomic E-state index is 12.4. The van der Waals surface area contributed by atoms with Crippen LogP contribution < -0.4 is 5.32 Å². The molecule has 0 aliphatic carbocycles. The summed E-state index contributed by atoms with van der Waals surface area (Å²) in [5, 5.41) is 18.9. The molecule has 0 aromatic heterocycles. The van der Waals surface area contributed by atoms with E-state index in [9.17, 15) is 14.7 Å². The first-order valence-electron chi connectivity index (χ1n) is 9.03. The molecule has 1 atom stereocenters. The average Bonchev–Trinajstić information content (AvgIpc) is 3.18. The van der Waals surface area contributed by atoms with E-state index in [1.54, 1.807) is 48.5 Å². The number of carboxylic acid groups (broad SMARTS) is 1. The van der Waals surface area contributed by atoms with Crippen LogP contribution in [0.2, 0.25) is 5.02 Å². The number of hydrogen-bond acceptors (Lipinski definition) is 4. The minimum absolute atomic E-state index is 0.0850. The Kier molecular flexibility index (Phi) is 6.81. The smallest absolute Gasteiger partial charge is 0.408 e. The highest BCUT2D eigenvalue weighted by atomic mass is 35.5. The summed E-state index contributed by atoms with van der Waals surface area (Å²) < 4.78 is 0. The Morgan fingerprint density at radius 3 is 2.53 bits per heavy atom. The van der Waals surface area contributed by atoms with E-state index in [4.69, 9.17) is 23.8 Å². The zero-order valence-electron chi connectivity index (χ0n) is 15.9. The number of carbonyl (C=O) groups is 2. The van der Waals surface area contributed by atoms with Crippen LogP contribution in [0.5, 0.6) is 0 Å². The van der Waals surface area contributed by atoms with Crippen LogP contribution in [-0.4, -0.2) is 57.0 Å². The van der Waals surface area contributed by atoms with E-state index in [1.165, 1.54) is 16.0 Å². The van der Waals surface area contributed by atoms with Crippen molar-refractivity contribution in [3.63, 3.8) is 0 Å². The second kappa shape index (κ2) is 9.51. The molecule has 7 nitrogen and oxygen atoms in total. The fourth-order valence-corrected chi connectivity index (χ4v) is 3.37. The van der Waals surface area contributed by atoms with Crippen molar-refractivity contribution in [1.29, 1.82) is 0 Å². The quantitative estimate of drug-likeness (QED) is 0.545. The summed E-state index contributed by atoms with van der Waals surface area (Å²) in [7, 11) is 0. The zero-order chi connectivity index (χ0) is 21.7. The zero-order valence-corrected chi connectivity index (χ0v) is 17.4. The lowest BCUT2D eigenvalue weighted by Gasteiger charge is -2.26. The second-order valence-corrected chi connectivity index (χ2v) is 7.26. The fraction of sp³-hybridized carbons (Fsp3) is 0.143. The molecule has 0 radical (unpaired) electrons. The minimum Gasteiger partial charge on any atom is -0.465 e. The molecule has 0 bridgehead atoms. The maximum atomic E-state index is 12.4. The molecule has 2 amide bonds. The Morgan fingerprint density at radius 1 is 1.27 bits per heavy atom. The summed E-state index contributed by atoms with van der Waals surface area (Å²) in [5.74, 6) is -0.367. The van der Waals surface area contributed by atoms with E-state index in [0.29, 0.717) is 21.9 Å². The van der Waals surface area contributed by atoms with Gasteiger partial charge in [0.15, 0.2) is 5.11 Å². The number of carbonyl (C=O) groups excluding carboxylic acids is 1. The molecular formula is C21H19ClN4O3S. The lowest BCUT2D eigenvalue weighted by Crippen LogP contribution is -2.48. The number of hydrogen-bond donors (Lipinski definition) is 2. The summed E-state index contributed by atoms with van der Waals surface area (Å²) in [6, 6.07) is 15.0. The van der Waals surface area contributed by atoms with Crippen molar-refractivity contribution in [1.82, 2.24) is 15.2 Å². The van der Waals surface area contributed by atoms with Gasteiger partial charge in [0.25, 0.3) is 5.91 Å². The number of amides is 2. The predicted octanol–water partition coefficient (Wildman–Crippen LogP) is 3.61. The van der Waals surface area contributed by atoms with Crippen LogP contribution >= 0.6 is 23.8 Å². The molecule has 1 heterocycles. The third kappa shape index (κ3) is 4.84. The molecular weight excluding hydrogens is 424 g/mol. The number of thiocarbonyl (C=S) groups is 1. The Hall–Kier alpha value is -3.23. The third-order valence-corrected chi connectivity index (χ3v) is 5.03. The lowest BCUT2D eigenvalue weighted by atomic mass is 10.0. The van der Waals surface area contributed by atoms with Gasteiger partial charge in [-0.1, -0.05) is 48.0 Å². The van der Waals surface area contributed by atoms with Crippen LogP contribution in [0, 0.1) is 0 Å². The molecule has 1 unspecified atom stereocenters. The monoisotopic (exact) mass is 442 g/mol. The summed E-state index contributed by atoms with van der Waals surface area (Å²) in [6.07, 6.45) is 0.397. The van der Waals surface area contributed by atoms with Crippen molar-refractivity contribution >= 4 is 46.6 Å². The molecule has 0 spiro atoms. The van der Waals surface area contributed by atoms with E-state index in [1.807, 2.05) is 6.07 Å². The maximum Gasteiger partial charge on any atom is 0.408 e. The van der Waals surface area contributed by atoms with Crippen LogP contribution in [0.1, 0.15) is 15.9 Å². The van der Waals surface area contributed by atoms with Gasteiger partial charge in [-0.3, -0.25) is 15.0 Å². The molecule has 0 saturated carbocycles. The molecule has 30 heavy (non-hydrogen) atoms. The van der Waals surface area contributed by atoms with Gasteiger partial charge in [0, 0.05) is 22.7 Å². The van der Waals surface area contributed by atoms with Crippen molar-refractivity contribution in [3.05, 3.63) is 83.4 Å². The molecule has 2 N–H and O–H groups in total. The van der Waals surface area contributed by atoms with Crippen LogP contribution in [0.4, 0.5) is 4.79 Å². The highest BCUT2D eigenvalue weighted by Crippen LogP contribution is 2.21. The van der Waals surface area contributed by atoms with Crippen LogP contribution in [-0.2, 0) is 0 Å². The van der Waals surface area contributed by atoms with Gasteiger partial charge in [-0.25, -0.2) is 9.80 Å². The third-order valence-electron chi connectivity index (χ3n) is 4.47. The van der Waals surface area contributed by atoms with Crippen molar-refractivity contribution < 1.29 is 14.7 Å². The van der Waals surface area contributed by atoms with Crippen LogP contribution in [0.15, 0.2) is 72.4 Å². The number of rotatable bonds is 5. The SMILES string of the molecule is C=CCN(C(=O)O)C1CN(C(=S)NC(=O)c2ccccc2)N=C1c1ccc(Cl)cc1. The number of halogens is 1. The standard InChI is InChI=1S/C21H19ClN4O3S/c1-2-12-25(21(28)29)17-13-26(24-18(17)14-8-10-16(22)11-9-14)20(30)23-19(27)15-6-4-3-5-7-15/h2-11,17H,1,12-13H2,(H,28,29)(H,23,27,30). The highest BCUT2D eigenvalue weighted by Gasteiger charge is 2.36. The Morgan fingerprint density at radius 2 is 1.93 bits per heavy atom. The molecule has 154 valence electrons. The van der Waals surface area contributed by atoms with Crippen molar-refractivity contribution in [3.8, 4) is 0 Å². The number of nitrogens with one attached hydrogen (secondary N) is 1. The number of hydrazone groups is 1. The molecule has 3 rings (SSSR count). The van der Waals surface area contributed by atoms with Gasteiger partial charge in [0.1, 0.15) is 0 Å². The Labute approximate surface area is 184 Å². The molecule has 1 aliphatic heterocycles. The fourth-order valence-electron chi connectivity index (χ4n) is 3.03. The molecule has 0 fully saturated rings. The molecule has 2 aromatic carbocycles. The van der Waals surface area contributed by atoms with Crippen LogP contribution in [0.3, 0.4) is 0 Å². The Balaban J connectivity index is 1.87. The number of benzene rings is 2. The minimum atomic E-state index is -1.11. The topological polar surface area (TPSA) is 85.2 Å². The first kappa shape index (κ1) is 21.5. The molecule has 9 heteroatoms. The van der Waals surface area contributed by atoms with Gasteiger partial charge in [0.05, 0.1) is 18.3 Å². The van der Waals surface area contributed by atoms with E-state index in [2.05, 4.69) is 17.0 Å². The molecule has 2 aromatic rings. The van der Waals surface area contributed by atoms with Gasteiger partial charge in [0.2, 0.25) is 0 Å². The number of nitrogens with zero attached hydrogens (tertiary/aromatic N) is 3.